The molecule has 0 saturated carbocycles. The number of rotatable bonds is 26. The first-order chi connectivity index (χ1) is 25.0. The number of aromatic carboxylic acids is 4. The lowest BCUT2D eigenvalue weighted by molar-refractivity contribution is 0.0178. The van der Waals surface area contributed by atoms with E-state index in [-0.39, 0.29) is 95.6 Å². The van der Waals surface area contributed by atoms with Crippen molar-refractivity contribution in [3.05, 3.63) is 70.8 Å². The van der Waals surface area contributed by atoms with Gasteiger partial charge in [-0.3, -0.25) is 0 Å². The van der Waals surface area contributed by atoms with Crippen LogP contribution in [0.3, 0.4) is 0 Å². The van der Waals surface area contributed by atoms with Gasteiger partial charge in [0.1, 0.15) is 24.7 Å². The lowest BCUT2D eigenvalue weighted by Crippen LogP contribution is -2.13. The lowest BCUT2D eigenvalue weighted by atomic mass is 9.94. The number of carboxylic acids is 4. The highest BCUT2D eigenvalue weighted by molar-refractivity contribution is 5.98. The summed E-state index contributed by atoms with van der Waals surface area (Å²) in [5, 5.41) is 39.0. The molecule has 16 heteroatoms. The Hall–Kier alpha value is -5.10. The van der Waals surface area contributed by atoms with Crippen LogP contribution in [0.5, 0.6) is 11.5 Å². The van der Waals surface area contributed by atoms with Gasteiger partial charge in [-0.2, -0.15) is 0 Å². The van der Waals surface area contributed by atoms with Gasteiger partial charge >= 0.3 is 23.9 Å². The Morgan fingerprint density at radius 1 is 0.404 bits per heavy atom. The SMILES string of the molecule is COCCOCCOCCOc1cc(-c2cc(C(=O)O)cc(C(=O)O)c2)c(OCCOCCOCCOC)cc1-c1cc(C(=O)O)cc(C(=O)O)c1. The van der Waals surface area contributed by atoms with Crippen LogP contribution in [0, 0.1) is 0 Å². The molecular weight excluding hydrogens is 688 g/mol. The molecule has 282 valence electrons. The molecule has 0 unspecified atom stereocenters. The Morgan fingerprint density at radius 2 is 0.673 bits per heavy atom. The fraction of sp³-hybridized carbons (Fsp3) is 0.389. The van der Waals surface area contributed by atoms with Crippen LogP contribution >= 0.6 is 0 Å². The van der Waals surface area contributed by atoms with Gasteiger partial charge in [0.15, 0.2) is 0 Å². The maximum Gasteiger partial charge on any atom is 0.335 e. The summed E-state index contributed by atoms with van der Waals surface area (Å²) in [5.41, 5.74) is -0.426. The summed E-state index contributed by atoms with van der Waals surface area (Å²) in [6, 6.07) is 10.1. The minimum atomic E-state index is -1.36. The van der Waals surface area contributed by atoms with Crippen LogP contribution in [0.15, 0.2) is 48.5 Å². The first-order valence-corrected chi connectivity index (χ1v) is 16.0. The maximum atomic E-state index is 12.0. The van der Waals surface area contributed by atoms with Crippen LogP contribution in [-0.4, -0.2) is 138 Å². The monoisotopic (exact) mass is 730 g/mol. The molecule has 16 nitrogen and oxygen atoms in total. The second-order valence-corrected chi connectivity index (χ2v) is 10.8. The Kier molecular flexibility index (Phi) is 17.5. The van der Waals surface area contributed by atoms with E-state index in [1.54, 1.807) is 14.2 Å². The zero-order valence-corrected chi connectivity index (χ0v) is 28.8. The zero-order chi connectivity index (χ0) is 37.9. The molecule has 0 heterocycles. The van der Waals surface area contributed by atoms with Crippen molar-refractivity contribution in [2.45, 2.75) is 0 Å². The highest BCUT2D eigenvalue weighted by Crippen LogP contribution is 2.42. The standard InChI is InChI=1S/C36H42O16/c1-45-3-5-47-7-9-49-11-13-51-31-21-30(24-17-27(35(41)42)20-28(18-24)36(43)44)32(52-14-12-50-10-8-48-6-4-46-2)22-29(31)23-15-25(33(37)38)19-26(16-23)34(39)40/h15-22H,3-14H2,1-2H3,(H,37,38)(H,39,40)(H,41,42)(H,43,44). The highest BCUT2D eigenvalue weighted by atomic mass is 16.6. The largest absolute Gasteiger partial charge is 0.491 e. The van der Waals surface area contributed by atoms with E-state index < -0.39 is 23.9 Å². The number of methoxy groups -OCH3 is 2. The molecule has 3 aromatic carbocycles. The molecule has 0 amide bonds. The van der Waals surface area contributed by atoms with Crippen molar-refractivity contribution in [2.24, 2.45) is 0 Å². The van der Waals surface area contributed by atoms with Crippen LogP contribution in [-0.2, 0) is 28.4 Å². The third kappa shape index (κ3) is 13.2. The van der Waals surface area contributed by atoms with Gasteiger partial charge in [0, 0.05) is 25.3 Å². The molecular formula is C36H42O16. The summed E-state index contributed by atoms with van der Waals surface area (Å²) >= 11 is 0. The summed E-state index contributed by atoms with van der Waals surface area (Å²) in [7, 11) is 3.12. The van der Waals surface area contributed by atoms with Crippen molar-refractivity contribution in [3.8, 4) is 33.8 Å². The number of ether oxygens (including phenoxy) is 8. The van der Waals surface area contributed by atoms with Crippen molar-refractivity contribution in [1.82, 2.24) is 0 Å². The van der Waals surface area contributed by atoms with Gasteiger partial charge in [-0.25, -0.2) is 19.2 Å². The molecule has 0 bridgehead atoms. The van der Waals surface area contributed by atoms with Crippen LogP contribution in [0.2, 0.25) is 0 Å². The molecule has 0 radical (unpaired) electrons. The Morgan fingerprint density at radius 3 is 0.942 bits per heavy atom. The Balaban J connectivity index is 2.07. The van der Waals surface area contributed by atoms with Crippen molar-refractivity contribution in [2.75, 3.05) is 93.5 Å². The van der Waals surface area contributed by atoms with Crippen molar-refractivity contribution < 1.29 is 77.5 Å². The van der Waals surface area contributed by atoms with Crippen LogP contribution < -0.4 is 9.47 Å². The number of hydrogen-bond donors (Lipinski definition) is 4. The number of benzene rings is 3. The molecule has 0 aliphatic rings. The smallest absolute Gasteiger partial charge is 0.335 e. The molecule has 4 N–H and O–H groups in total. The third-order valence-corrected chi connectivity index (χ3v) is 7.14. The molecule has 3 aromatic rings. The van der Waals surface area contributed by atoms with Crippen molar-refractivity contribution >= 4 is 23.9 Å². The summed E-state index contributed by atoms with van der Waals surface area (Å²) in [4.78, 5) is 47.9. The minimum absolute atomic E-state index is 0.0229. The molecule has 0 aliphatic heterocycles. The first kappa shape index (κ1) is 41.3. The van der Waals surface area contributed by atoms with E-state index in [9.17, 15) is 39.6 Å². The van der Waals surface area contributed by atoms with Gasteiger partial charge in [-0.1, -0.05) is 0 Å². The van der Waals surface area contributed by atoms with Crippen LogP contribution in [0.1, 0.15) is 41.4 Å². The Labute approximate surface area is 299 Å². The zero-order valence-electron chi connectivity index (χ0n) is 28.8. The fourth-order valence-corrected chi connectivity index (χ4v) is 4.66. The average molecular weight is 731 g/mol. The van der Waals surface area contributed by atoms with E-state index in [4.69, 9.17) is 37.9 Å². The van der Waals surface area contributed by atoms with Gasteiger partial charge in [-0.15, -0.1) is 0 Å². The van der Waals surface area contributed by atoms with Gasteiger partial charge < -0.3 is 58.3 Å². The number of carboxylic acid groups (broad SMARTS) is 4. The van der Waals surface area contributed by atoms with Crippen LogP contribution in [0.25, 0.3) is 22.3 Å². The van der Waals surface area contributed by atoms with Gasteiger partial charge in [0.2, 0.25) is 0 Å². The average Bonchev–Trinajstić information content (AvgIpc) is 3.13. The van der Waals surface area contributed by atoms with E-state index in [1.165, 1.54) is 36.4 Å². The van der Waals surface area contributed by atoms with E-state index in [2.05, 4.69) is 0 Å². The quantitative estimate of drug-likeness (QED) is 0.0859. The van der Waals surface area contributed by atoms with Gasteiger partial charge in [-0.05, 0) is 59.7 Å². The number of hydrogen-bond acceptors (Lipinski definition) is 12. The third-order valence-electron chi connectivity index (χ3n) is 7.14. The summed E-state index contributed by atoms with van der Waals surface area (Å²) in [6.07, 6.45) is 0. The molecule has 0 aliphatic carbocycles. The second kappa shape index (κ2) is 22.0. The van der Waals surface area contributed by atoms with E-state index in [1.807, 2.05) is 0 Å². The fourth-order valence-electron chi connectivity index (χ4n) is 4.66. The van der Waals surface area contributed by atoms with E-state index in [0.717, 1.165) is 12.1 Å². The predicted octanol–water partition coefficient (Wildman–Crippen LogP) is 3.93. The highest BCUT2D eigenvalue weighted by Gasteiger charge is 2.21. The normalized spacial score (nSPS) is 11.0. The Bertz CT molecular complexity index is 1470. The predicted molar refractivity (Wildman–Crippen MR) is 183 cm³/mol. The van der Waals surface area contributed by atoms with Crippen molar-refractivity contribution in [3.63, 3.8) is 0 Å². The molecule has 0 saturated heterocycles. The van der Waals surface area contributed by atoms with Gasteiger partial charge in [0.05, 0.1) is 88.3 Å². The van der Waals surface area contributed by atoms with Crippen molar-refractivity contribution in [1.29, 1.82) is 0 Å². The van der Waals surface area contributed by atoms with E-state index in [0.29, 0.717) is 39.6 Å². The molecule has 0 atom stereocenters. The summed E-state index contributed by atoms with van der Waals surface area (Å²) in [5.74, 6) is -5.23. The topological polar surface area (TPSA) is 223 Å². The first-order valence-electron chi connectivity index (χ1n) is 16.0. The molecule has 0 aromatic heterocycles. The van der Waals surface area contributed by atoms with Gasteiger partial charge in [0.25, 0.3) is 0 Å². The molecule has 0 fully saturated rings. The molecule has 52 heavy (non-hydrogen) atoms. The second-order valence-electron chi connectivity index (χ2n) is 10.8. The maximum absolute atomic E-state index is 12.0. The molecule has 3 rings (SSSR count). The van der Waals surface area contributed by atoms with E-state index >= 15 is 0 Å². The number of carbonyl (C=O) groups is 4. The summed E-state index contributed by atoms with van der Waals surface area (Å²) < 4.78 is 44.0. The molecule has 0 spiro atoms. The lowest BCUT2D eigenvalue weighted by Gasteiger charge is -2.19. The summed E-state index contributed by atoms with van der Waals surface area (Å²) in [6.45, 7) is 2.92. The minimum Gasteiger partial charge on any atom is -0.491 e. The van der Waals surface area contributed by atoms with Crippen LogP contribution in [0.4, 0.5) is 0 Å².